The van der Waals surface area contributed by atoms with Crippen molar-refractivity contribution in [2.45, 2.75) is 6.17 Å². The SMILES string of the molecule is COc1cccc([C@@H]2N=C(N)Nc3[nH]c4ccccc4[n+]32)c1OC. The maximum Gasteiger partial charge on any atom is 0.365 e. The molecule has 1 atom stereocenters. The van der Waals surface area contributed by atoms with Crippen molar-refractivity contribution in [1.29, 1.82) is 0 Å². The van der Waals surface area contributed by atoms with Crippen molar-refractivity contribution >= 4 is 22.9 Å². The average molecular weight is 324 g/mol. The van der Waals surface area contributed by atoms with E-state index in [0.717, 1.165) is 22.5 Å². The summed E-state index contributed by atoms with van der Waals surface area (Å²) in [4.78, 5) is 7.92. The second kappa shape index (κ2) is 5.45. The molecule has 1 aromatic heterocycles. The minimum absolute atomic E-state index is 0.344. The van der Waals surface area contributed by atoms with Gasteiger partial charge in [0.05, 0.1) is 19.8 Å². The van der Waals surface area contributed by atoms with E-state index in [1.165, 1.54) is 0 Å². The van der Waals surface area contributed by atoms with Crippen LogP contribution in [0, 0.1) is 0 Å². The molecule has 122 valence electrons. The van der Waals surface area contributed by atoms with Gasteiger partial charge in [0.15, 0.2) is 11.5 Å². The number of hydrogen-bond acceptors (Lipinski definition) is 5. The standard InChI is InChI=1S/C17H17N5O2/c1-23-13-9-5-6-10(14(13)24-2)15-20-16(18)21-17-19-11-7-3-4-8-12(11)22(15)17/h3-9,15H,1-2H3,(H3,18,19,20,21)/p+1/t15-/m1/s1. The number of ether oxygens (including phenoxy) is 2. The van der Waals surface area contributed by atoms with Crippen LogP contribution in [0.25, 0.3) is 11.0 Å². The van der Waals surface area contributed by atoms with Gasteiger partial charge >= 0.3 is 5.95 Å². The molecule has 0 spiro atoms. The largest absolute Gasteiger partial charge is 0.493 e. The van der Waals surface area contributed by atoms with Crippen LogP contribution in [0.15, 0.2) is 47.5 Å². The van der Waals surface area contributed by atoms with Gasteiger partial charge in [-0.15, -0.1) is 0 Å². The van der Waals surface area contributed by atoms with Crippen LogP contribution < -0.4 is 25.1 Å². The fourth-order valence-electron chi connectivity index (χ4n) is 3.11. The molecule has 4 rings (SSSR count). The van der Waals surface area contributed by atoms with Crippen LogP contribution in [0.5, 0.6) is 11.5 Å². The van der Waals surface area contributed by atoms with Crippen LogP contribution in [0.1, 0.15) is 11.7 Å². The number of nitrogens with one attached hydrogen (secondary N) is 2. The van der Waals surface area contributed by atoms with Gasteiger partial charge in [0.1, 0.15) is 11.0 Å². The molecule has 7 heteroatoms. The third-order valence-corrected chi connectivity index (χ3v) is 4.12. The normalized spacial score (nSPS) is 16.2. The number of para-hydroxylation sites is 3. The summed E-state index contributed by atoms with van der Waals surface area (Å²) in [7, 11) is 3.24. The molecular formula is C17H18N5O2+. The van der Waals surface area contributed by atoms with Gasteiger partial charge in [0.2, 0.25) is 6.17 Å². The summed E-state index contributed by atoms with van der Waals surface area (Å²) in [6.07, 6.45) is -0.359. The molecular weight excluding hydrogens is 306 g/mol. The molecule has 0 bridgehead atoms. The predicted molar refractivity (Wildman–Crippen MR) is 91.4 cm³/mol. The van der Waals surface area contributed by atoms with Crippen LogP contribution in [-0.4, -0.2) is 25.2 Å². The fourth-order valence-corrected chi connectivity index (χ4v) is 3.11. The Hall–Kier alpha value is -3.22. The topological polar surface area (TPSA) is 88.5 Å². The molecule has 2 heterocycles. The first kappa shape index (κ1) is 14.4. The number of fused-ring (bicyclic) bond motifs is 3. The molecule has 0 amide bonds. The molecule has 0 saturated heterocycles. The fraction of sp³-hybridized carbons (Fsp3) is 0.176. The third kappa shape index (κ3) is 2.05. The molecule has 4 N–H and O–H groups in total. The maximum atomic E-state index is 5.99. The molecule has 3 aromatic rings. The van der Waals surface area contributed by atoms with E-state index < -0.39 is 0 Å². The van der Waals surface area contributed by atoms with E-state index in [1.807, 2.05) is 42.5 Å². The highest BCUT2D eigenvalue weighted by molar-refractivity contribution is 5.92. The lowest BCUT2D eigenvalue weighted by Crippen LogP contribution is -2.48. The molecule has 0 unspecified atom stereocenters. The Labute approximate surface area is 138 Å². The Balaban J connectivity index is 1.98. The van der Waals surface area contributed by atoms with Gasteiger partial charge in [-0.2, -0.15) is 4.99 Å². The van der Waals surface area contributed by atoms with Crippen LogP contribution in [0.2, 0.25) is 0 Å². The lowest BCUT2D eigenvalue weighted by molar-refractivity contribution is -0.674. The lowest BCUT2D eigenvalue weighted by Gasteiger charge is -2.21. The molecule has 1 aliphatic heterocycles. The zero-order valence-corrected chi connectivity index (χ0v) is 13.4. The summed E-state index contributed by atoms with van der Waals surface area (Å²) in [6, 6.07) is 13.8. The Bertz CT molecular complexity index is 947. The first-order chi connectivity index (χ1) is 11.7. The number of nitrogens with two attached hydrogens (primary N) is 1. The van der Waals surface area contributed by atoms with E-state index >= 15 is 0 Å². The van der Waals surface area contributed by atoms with Gasteiger partial charge in [0, 0.05) is 0 Å². The van der Waals surface area contributed by atoms with Gasteiger partial charge in [-0.3, -0.25) is 0 Å². The lowest BCUT2D eigenvalue weighted by atomic mass is 10.1. The van der Waals surface area contributed by atoms with Gasteiger partial charge in [-0.1, -0.05) is 18.2 Å². The van der Waals surface area contributed by atoms with E-state index in [2.05, 4.69) is 19.9 Å². The minimum Gasteiger partial charge on any atom is -0.493 e. The summed E-state index contributed by atoms with van der Waals surface area (Å²) in [5.74, 6) is 2.42. The number of hydrogen-bond donors (Lipinski definition) is 3. The summed E-state index contributed by atoms with van der Waals surface area (Å²) in [6.45, 7) is 0. The smallest absolute Gasteiger partial charge is 0.365 e. The number of anilines is 1. The monoisotopic (exact) mass is 324 g/mol. The van der Waals surface area contributed by atoms with Crippen molar-refractivity contribution in [3.63, 3.8) is 0 Å². The summed E-state index contributed by atoms with van der Waals surface area (Å²) in [5.41, 5.74) is 8.88. The van der Waals surface area contributed by atoms with Crippen molar-refractivity contribution < 1.29 is 14.0 Å². The molecule has 1 aliphatic rings. The Kier molecular flexibility index (Phi) is 3.26. The van der Waals surface area contributed by atoms with Crippen molar-refractivity contribution in [3.05, 3.63) is 48.0 Å². The van der Waals surface area contributed by atoms with Gasteiger partial charge in [-0.25, -0.2) is 14.9 Å². The number of guanidine groups is 1. The van der Waals surface area contributed by atoms with Crippen LogP contribution in [0.4, 0.5) is 5.95 Å². The number of aromatic amines is 1. The molecule has 0 radical (unpaired) electrons. The van der Waals surface area contributed by atoms with Crippen molar-refractivity contribution in [1.82, 2.24) is 4.98 Å². The van der Waals surface area contributed by atoms with Crippen molar-refractivity contribution in [2.75, 3.05) is 19.5 Å². The van der Waals surface area contributed by atoms with Crippen LogP contribution in [-0.2, 0) is 0 Å². The van der Waals surface area contributed by atoms with Crippen LogP contribution >= 0.6 is 0 Å². The quantitative estimate of drug-likeness (QED) is 0.641. The Morgan fingerprint density at radius 2 is 1.92 bits per heavy atom. The van der Waals surface area contributed by atoms with Gasteiger partial charge in [0.25, 0.3) is 5.96 Å². The number of H-pyrrole nitrogens is 1. The summed E-state index contributed by atoms with van der Waals surface area (Å²) >= 11 is 0. The number of rotatable bonds is 3. The molecule has 24 heavy (non-hydrogen) atoms. The number of methoxy groups -OCH3 is 2. The predicted octanol–water partition coefficient (Wildman–Crippen LogP) is 1.76. The van der Waals surface area contributed by atoms with Crippen molar-refractivity contribution in [2.24, 2.45) is 10.7 Å². The first-order valence-corrected chi connectivity index (χ1v) is 7.56. The second-order valence-corrected chi connectivity index (χ2v) is 5.46. The molecule has 2 aromatic carbocycles. The third-order valence-electron chi connectivity index (χ3n) is 4.12. The number of aromatic nitrogens is 2. The molecule has 7 nitrogen and oxygen atoms in total. The molecule has 0 fully saturated rings. The highest BCUT2D eigenvalue weighted by Crippen LogP contribution is 2.36. The number of imidazole rings is 1. The minimum atomic E-state index is -0.359. The average Bonchev–Trinajstić information content (AvgIpc) is 2.98. The van der Waals surface area contributed by atoms with Gasteiger partial charge < -0.3 is 15.2 Å². The Morgan fingerprint density at radius 3 is 2.71 bits per heavy atom. The highest BCUT2D eigenvalue weighted by Gasteiger charge is 2.33. The number of nitrogens with zero attached hydrogens (tertiary/aromatic N) is 2. The van der Waals surface area contributed by atoms with E-state index in [-0.39, 0.29) is 6.17 Å². The summed E-state index contributed by atoms with van der Waals surface area (Å²) < 4.78 is 13.1. The zero-order chi connectivity index (χ0) is 16.7. The van der Waals surface area contributed by atoms with Crippen molar-refractivity contribution in [3.8, 4) is 11.5 Å². The van der Waals surface area contributed by atoms with Gasteiger partial charge in [-0.05, 0) is 24.3 Å². The Morgan fingerprint density at radius 1 is 1.08 bits per heavy atom. The zero-order valence-electron chi connectivity index (χ0n) is 13.4. The molecule has 0 aliphatic carbocycles. The number of aliphatic imine (C=N–C) groups is 1. The second-order valence-electron chi connectivity index (χ2n) is 5.46. The van der Waals surface area contributed by atoms with E-state index in [1.54, 1.807) is 14.2 Å². The summed E-state index contributed by atoms with van der Waals surface area (Å²) in [5, 5.41) is 3.08. The van der Waals surface area contributed by atoms with E-state index in [0.29, 0.717) is 17.5 Å². The molecule has 0 saturated carbocycles. The maximum absolute atomic E-state index is 5.99. The van der Waals surface area contributed by atoms with E-state index in [4.69, 9.17) is 15.2 Å². The van der Waals surface area contributed by atoms with Crippen LogP contribution in [0.3, 0.4) is 0 Å². The number of benzene rings is 2. The highest BCUT2D eigenvalue weighted by atomic mass is 16.5. The van der Waals surface area contributed by atoms with E-state index in [9.17, 15) is 0 Å². The first-order valence-electron chi connectivity index (χ1n) is 7.56.